The minimum atomic E-state index is -0.209. The van der Waals surface area contributed by atoms with Crippen LogP contribution in [0.25, 0.3) is 0 Å². The number of benzene rings is 1. The second kappa shape index (κ2) is 13.2. The van der Waals surface area contributed by atoms with E-state index in [4.69, 9.17) is 21.1 Å². The van der Waals surface area contributed by atoms with Crippen molar-refractivity contribution in [3.8, 4) is 11.5 Å². The number of halogens is 1. The first kappa shape index (κ1) is 25.0. The van der Waals surface area contributed by atoms with Crippen LogP contribution in [0.2, 0.25) is 0 Å². The van der Waals surface area contributed by atoms with E-state index >= 15 is 0 Å². The summed E-state index contributed by atoms with van der Waals surface area (Å²) >= 11 is 7.37. The van der Waals surface area contributed by atoms with Crippen molar-refractivity contribution in [2.45, 2.75) is 32.7 Å². The van der Waals surface area contributed by atoms with Gasteiger partial charge in [-0.15, -0.1) is 22.9 Å². The molecule has 2 aromatic rings. The molecule has 0 N–H and O–H groups in total. The number of methoxy groups -OCH3 is 2. The molecule has 0 aliphatic carbocycles. The van der Waals surface area contributed by atoms with Gasteiger partial charge in [-0.05, 0) is 42.0 Å². The molecule has 6 nitrogen and oxygen atoms in total. The molecule has 0 atom stereocenters. The lowest BCUT2D eigenvalue weighted by atomic mass is 10.1. The number of hydrogen-bond donors (Lipinski definition) is 0. The zero-order valence-corrected chi connectivity index (χ0v) is 20.0. The summed E-state index contributed by atoms with van der Waals surface area (Å²) in [7, 11) is 3.21. The van der Waals surface area contributed by atoms with Gasteiger partial charge in [-0.2, -0.15) is 0 Å². The van der Waals surface area contributed by atoms with E-state index < -0.39 is 0 Å². The van der Waals surface area contributed by atoms with Gasteiger partial charge in [0.05, 0.1) is 27.3 Å². The van der Waals surface area contributed by atoms with Gasteiger partial charge in [0, 0.05) is 18.0 Å². The molecule has 1 aromatic heterocycles. The van der Waals surface area contributed by atoms with E-state index in [1.807, 2.05) is 40.6 Å². The fourth-order valence-electron chi connectivity index (χ4n) is 3.17. The maximum Gasteiger partial charge on any atom is 0.242 e. The number of nitrogens with zero attached hydrogens (tertiary/aromatic N) is 2. The fourth-order valence-corrected chi connectivity index (χ4v) is 4.06. The standard InChI is InChI=1S/C23H31ClN2O4S/c1-4-5-11-25(22(27)15-24)17-23(28)26(16-19-7-6-13-31-19)12-10-18-8-9-20(29-2)21(14-18)30-3/h6-9,13-14H,4-5,10-12,15-17H2,1-3H3. The fraction of sp³-hybridized carbons (Fsp3) is 0.478. The van der Waals surface area contributed by atoms with Gasteiger partial charge in [0.25, 0.3) is 0 Å². The molecule has 0 aliphatic rings. The number of rotatable bonds is 13. The first-order valence-corrected chi connectivity index (χ1v) is 11.8. The molecule has 2 rings (SSSR count). The summed E-state index contributed by atoms with van der Waals surface area (Å²) in [6.45, 7) is 3.68. The predicted molar refractivity (Wildman–Crippen MR) is 125 cm³/mol. The van der Waals surface area contributed by atoms with Crippen molar-refractivity contribution in [2.75, 3.05) is 39.7 Å². The lowest BCUT2D eigenvalue weighted by Gasteiger charge is -2.27. The Morgan fingerprint density at radius 2 is 1.81 bits per heavy atom. The monoisotopic (exact) mass is 466 g/mol. The first-order chi connectivity index (χ1) is 15.0. The van der Waals surface area contributed by atoms with E-state index in [0.717, 1.165) is 23.3 Å². The predicted octanol–water partition coefficient (Wildman–Crippen LogP) is 4.20. The molecular weight excluding hydrogens is 436 g/mol. The summed E-state index contributed by atoms with van der Waals surface area (Å²) in [6.07, 6.45) is 2.45. The topological polar surface area (TPSA) is 59.1 Å². The van der Waals surface area contributed by atoms with Gasteiger partial charge in [-0.25, -0.2) is 0 Å². The highest BCUT2D eigenvalue weighted by molar-refractivity contribution is 7.09. The van der Waals surface area contributed by atoms with Crippen molar-refractivity contribution < 1.29 is 19.1 Å². The van der Waals surface area contributed by atoms with Gasteiger partial charge in [0.1, 0.15) is 5.88 Å². The van der Waals surface area contributed by atoms with E-state index in [1.165, 1.54) is 0 Å². The van der Waals surface area contributed by atoms with E-state index in [9.17, 15) is 9.59 Å². The minimum Gasteiger partial charge on any atom is -0.493 e. The first-order valence-electron chi connectivity index (χ1n) is 10.4. The van der Waals surface area contributed by atoms with Crippen LogP contribution in [-0.4, -0.2) is 61.3 Å². The van der Waals surface area contributed by atoms with Crippen LogP contribution in [0.4, 0.5) is 0 Å². The summed E-state index contributed by atoms with van der Waals surface area (Å²) in [6, 6.07) is 9.75. The highest BCUT2D eigenvalue weighted by Crippen LogP contribution is 2.27. The SMILES string of the molecule is CCCCN(CC(=O)N(CCc1ccc(OC)c(OC)c1)Cc1cccs1)C(=O)CCl. The van der Waals surface area contributed by atoms with E-state index in [2.05, 4.69) is 6.92 Å². The molecule has 2 amide bonds. The number of thiophene rings is 1. The summed E-state index contributed by atoms with van der Waals surface area (Å²) in [4.78, 5) is 29.8. The van der Waals surface area contributed by atoms with Crippen LogP contribution in [0.3, 0.4) is 0 Å². The molecular formula is C23H31ClN2O4S. The smallest absolute Gasteiger partial charge is 0.242 e. The molecule has 0 spiro atoms. The van der Waals surface area contributed by atoms with Crippen LogP contribution in [0.5, 0.6) is 11.5 Å². The summed E-state index contributed by atoms with van der Waals surface area (Å²) < 4.78 is 10.7. The third-order valence-corrected chi connectivity index (χ3v) is 6.06. The number of alkyl halides is 1. The average molecular weight is 467 g/mol. The van der Waals surface area contributed by atoms with Gasteiger partial charge in [-0.1, -0.05) is 25.5 Å². The van der Waals surface area contributed by atoms with Crippen LogP contribution < -0.4 is 9.47 Å². The van der Waals surface area contributed by atoms with Crippen LogP contribution in [-0.2, 0) is 22.6 Å². The van der Waals surface area contributed by atoms with E-state index in [1.54, 1.807) is 30.5 Å². The largest absolute Gasteiger partial charge is 0.493 e. The molecule has 8 heteroatoms. The van der Waals surface area contributed by atoms with Crippen LogP contribution in [0.15, 0.2) is 35.7 Å². The highest BCUT2D eigenvalue weighted by atomic mass is 35.5. The van der Waals surface area contributed by atoms with Crippen molar-refractivity contribution in [1.29, 1.82) is 0 Å². The number of amides is 2. The Hall–Kier alpha value is -2.25. The Balaban J connectivity index is 2.12. The van der Waals surface area contributed by atoms with Gasteiger partial charge >= 0.3 is 0 Å². The Labute approximate surface area is 193 Å². The molecule has 0 radical (unpaired) electrons. The van der Waals surface area contributed by atoms with Crippen LogP contribution in [0.1, 0.15) is 30.2 Å². The normalized spacial score (nSPS) is 10.6. The quantitative estimate of drug-likeness (QED) is 0.415. The number of carbonyl (C=O) groups excluding carboxylic acids is 2. The van der Waals surface area contributed by atoms with E-state index in [0.29, 0.717) is 37.6 Å². The van der Waals surface area contributed by atoms with E-state index in [-0.39, 0.29) is 24.2 Å². The van der Waals surface area contributed by atoms with Gasteiger partial charge < -0.3 is 19.3 Å². The van der Waals surface area contributed by atoms with Crippen LogP contribution >= 0.6 is 22.9 Å². The summed E-state index contributed by atoms with van der Waals surface area (Å²) in [5.74, 6) is 0.925. The Morgan fingerprint density at radius 3 is 2.42 bits per heavy atom. The number of ether oxygens (including phenoxy) is 2. The Bertz CT molecular complexity index is 829. The van der Waals surface area contributed by atoms with Gasteiger partial charge in [0.2, 0.25) is 11.8 Å². The molecule has 0 aliphatic heterocycles. The zero-order valence-electron chi connectivity index (χ0n) is 18.4. The second-order valence-corrected chi connectivity index (χ2v) is 8.44. The molecule has 1 heterocycles. The Morgan fingerprint density at radius 1 is 1.03 bits per heavy atom. The minimum absolute atomic E-state index is 0.0445. The third-order valence-electron chi connectivity index (χ3n) is 4.97. The van der Waals surface area contributed by atoms with Crippen molar-refractivity contribution in [2.24, 2.45) is 0 Å². The molecule has 170 valence electrons. The molecule has 0 fully saturated rings. The van der Waals surface area contributed by atoms with Gasteiger partial charge in [0.15, 0.2) is 11.5 Å². The lowest BCUT2D eigenvalue weighted by molar-refractivity contribution is -0.139. The third kappa shape index (κ3) is 7.74. The Kier molecular flexibility index (Phi) is 10.7. The number of unbranched alkanes of at least 4 members (excludes halogenated alkanes) is 1. The van der Waals surface area contributed by atoms with Crippen molar-refractivity contribution >= 4 is 34.8 Å². The highest BCUT2D eigenvalue weighted by Gasteiger charge is 2.21. The average Bonchev–Trinajstić information content (AvgIpc) is 3.31. The maximum absolute atomic E-state index is 13.2. The van der Waals surface area contributed by atoms with Crippen LogP contribution in [0, 0.1) is 0 Å². The number of carbonyl (C=O) groups is 2. The molecule has 0 saturated heterocycles. The molecule has 1 aromatic carbocycles. The van der Waals surface area contributed by atoms with Gasteiger partial charge in [-0.3, -0.25) is 9.59 Å². The summed E-state index contributed by atoms with van der Waals surface area (Å²) in [5, 5.41) is 2.00. The molecule has 0 saturated carbocycles. The second-order valence-electron chi connectivity index (χ2n) is 7.14. The maximum atomic E-state index is 13.2. The molecule has 0 bridgehead atoms. The number of hydrogen-bond acceptors (Lipinski definition) is 5. The lowest BCUT2D eigenvalue weighted by Crippen LogP contribution is -2.44. The van der Waals surface area contributed by atoms with Crippen molar-refractivity contribution in [1.82, 2.24) is 9.80 Å². The zero-order chi connectivity index (χ0) is 22.6. The van der Waals surface area contributed by atoms with Crippen molar-refractivity contribution in [3.63, 3.8) is 0 Å². The summed E-state index contributed by atoms with van der Waals surface area (Å²) in [5.41, 5.74) is 1.04. The molecule has 0 unspecified atom stereocenters. The molecule has 31 heavy (non-hydrogen) atoms. The van der Waals surface area contributed by atoms with Crippen molar-refractivity contribution in [3.05, 3.63) is 46.2 Å².